The lowest BCUT2D eigenvalue weighted by Crippen LogP contribution is -2.36. The Morgan fingerprint density at radius 3 is 2.55 bits per heavy atom. The Labute approximate surface area is 133 Å². The zero-order valence-corrected chi connectivity index (χ0v) is 14.2. The van der Waals surface area contributed by atoms with E-state index in [4.69, 9.17) is 9.47 Å². The van der Waals surface area contributed by atoms with E-state index in [-0.39, 0.29) is 12.2 Å². The predicted octanol–water partition coefficient (Wildman–Crippen LogP) is 3.68. The molecule has 0 aromatic heterocycles. The number of rotatable bonds is 2. The second kappa shape index (κ2) is 6.20. The molecule has 1 amide bonds. The summed E-state index contributed by atoms with van der Waals surface area (Å²) >= 11 is 2.26. The van der Waals surface area contributed by atoms with E-state index < -0.39 is 5.60 Å². The summed E-state index contributed by atoms with van der Waals surface area (Å²) in [6.45, 7) is 6.90. The van der Waals surface area contributed by atoms with Gasteiger partial charge in [-0.15, -0.1) is 0 Å². The minimum Gasteiger partial charge on any atom is -0.489 e. The molecule has 0 bridgehead atoms. The Kier molecular flexibility index (Phi) is 4.78. The molecule has 110 valence electrons. The van der Waals surface area contributed by atoms with Gasteiger partial charge in [0, 0.05) is 16.5 Å². The van der Waals surface area contributed by atoms with Gasteiger partial charge in [0.05, 0.1) is 6.54 Å². The number of nitrogens with zero attached hydrogens (tertiary/aromatic N) is 1. The van der Waals surface area contributed by atoms with E-state index in [1.54, 1.807) is 4.90 Å². The van der Waals surface area contributed by atoms with Crippen LogP contribution in [0.5, 0.6) is 5.75 Å². The molecule has 1 aliphatic rings. The first-order chi connectivity index (χ1) is 9.33. The molecule has 1 aromatic carbocycles. The minimum atomic E-state index is -0.452. The Hall–Kier alpha value is -0.980. The fourth-order valence-electron chi connectivity index (χ4n) is 2.02. The van der Waals surface area contributed by atoms with Crippen LogP contribution in [0.3, 0.4) is 0 Å². The third-order valence-corrected chi connectivity index (χ3v) is 3.63. The van der Waals surface area contributed by atoms with Crippen LogP contribution in [-0.4, -0.2) is 35.8 Å². The minimum absolute atomic E-state index is 0.0441. The monoisotopic (exact) mass is 389 g/mol. The maximum Gasteiger partial charge on any atom is 0.410 e. The number of hydrogen-bond acceptors (Lipinski definition) is 3. The summed E-state index contributed by atoms with van der Waals surface area (Å²) in [6.07, 6.45) is 0.624. The van der Waals surface area contributed by atoms with Crippen molar-refractivity contribution in [1.82, 2.24) is 4.90 Å². The van der Waals surface area contributed by atoms with Crippen molar-refractivity contribution in [2.45, 2.75) is 38.9 Å². The van der Waals surface area contributed by atoms with E-state index >= 15 is 0 Å². The van der Waals surface area contributed by atoms with Crippen LogP contribution >= 0.6 is 22.6 Å². The number of benzene rings is 1. The van der Waals surface area contributed by atoms with Gasteiger partial charge in [-0.25, -0.2) is 4.79 Å². The van der Waals surface area contributed by atoms with Crippen LogP contribution in [0, 0.1) is 3.57 Å². The topological polar surface area (TPSA) is 38.8 Å². The summed E-state index contributed by atoms with van der Waals surface area (Å²) in [6, 6.07) is 7.93. The summed E-state index contributed by atoms with van der Waals surface area (Å²) in [5.41, 5.74) is -0.452. The van der Waals surface area contributed by atoms with Crippen molar-refractivity contribution in [3.63, 3.8) is 0 Å². The standard InChI is InChI=1S/C15H20INO3/c1-15(2,3)20-14(18)17-9-8-13(10-17)19-12-6-4-11(16)5-7-12/h4-7,13H,8-10H2,1-3H3. The number of amides is 1. The summed E-state index contributed by atoms with van der Waals surface area (Å²) in [5, 5.41) is 0. The smallest absolute Gasteiger partial charge is 0.410 e. The van der Waals surface area contributed by atoms with Gasteiger partial charge in [0.15, 0.2) is 0 Å². The summed E-state index contributed by atoms with van der Waals surface area (Å²) in [7, 11) is 0. The third-order valence-electron chi connectivity index (χ3n) is 2.91. The van der Waals surface area contributed by atoms with Crippen molar-refractivity contribution < 1.29 is 14.3 Å². The van der Waals surface area contributed by atoms with Crippen LogP contribution in [0.2, 0.25) is 0 Å². The molecule has 1 saturated heterocycles. The van der Waals surface area contributed by atoms with Crippen LogP contribution in [0.15, 0.2) is 24.3 Å². The Bertz CT molecular complexity index is 467. The maximum atomic E-state index is 12.0. The lowest BCUT2D eigenvalue weighted by atomic mass is 10.2. The second-order valence-electron chi connectivity index (χ2n) is 5.91. The zero-order valence-electron chi connectivity index (χ0n) is 12.1. The molecular formula is C15H20INO3. The molecular weight excluding hydrogens is 369 g/mol. The Morgan fingerprint density at radius 1 is 1.30 bits per heavy atom. The molecule has 0 N–H and O–H groups in total. The zero-order chi connectivity index (χ0) is 14.8. The van der Waals surface area contributed by atoms with Crippen LogP contribution in [0.1, 0.15) is 27.2 Å². The number of hydrogen-bond donors (Lipinski definition) is 0. The number of carbonyl (C=O) groups excluding carboxylic acids is 1. The van der Waals surface area contributed by atoms with Crippen LogP contribution in [0.25, 0.3) is 0 Å². The average molecular weight is 389 g/mol. The Morgan fingerprint density at radius 2 is 1.95 bits per heavy atom. The van der Waals surface area contributed by atoms with Crippen molar-refractivity contribution in [3.05, 3.63) is 27.8 Å². The highest BCUT2D eigenvalue weighted by atomic mass is 127. The van der Waals surface area contributed by atoms with Crippen molar-refractivity contribution in [2.24, 2.45) is 0 Å². The third kappa shape index (κ3) is 4.54. The highest BCUT2D eigenvalue weighted by molar-refractivity contribution is 14.1. The van der Waals surface area contributed by atoms with E-state index in [2.05, 4.69) is 22.6 Å². The molecule has 1 heterocycles. The highest BCUT2D eigenvalue weighted by Crippen LogP contribution is 2.21. The first-order valence-corrected chi connectivity index (χ1v) is 7.81. The molecule has 5 heteroatoms. The molecule has 0 radical (unpaired) electrons. The second-order valence-corrected chi connectivity index (χ2v) is 7.15. The number of carbonyl (C=O) groups is 1. The van der Waals surface area contributed by atoms with Gasteiger partial charge in [-0.1, -0.05) is 0 Å². The van der Waals surface area contributed by atoms with Gasteiger partial charge < -0.3 is 14.4 Å². The molecule has 1 unspecified atom stereocenters. The van der Waals surface area contributed by atoms with Gasteiger partial charge >= 0.3 is 6.09 Å². The molecule has 1 fully saturated rings. The van der Waals surface area contributed by atoms with E-state index in [0.29, 0.717) is 13.1 Å². The first-order valence-electron chi connectivity index (χ1n) is 6.74. The van der Waals surface area contributed by atoms with Gasteiger partial charge in [0.25, 0.3) is 0 Å². The molecule has 0 aliphatic carbocycles. The molecule has 1 atom stereocenters. The van der Waals surface area contributed by atoms with Crippen LogP contribution < -0.4 is 4.74 Å². The fourth-order valence-corrected chi connectivity index (χ4v) is 2.38. The Balaban J connectivity index is 1.86. The first kappa shape index (κ1) is 15.4. The van der Waals surface area contributed by atoms with Crippen molar-refractivity contribution in [1.29, 1.82) is 0 Å². The number of likely N-dealkylation sites (tertiary alicyclic amines) is 1. The van der Waals surface area contributed by atoms with Gasteiger partial charge in [-0.3, -0.25) is 0 Å². The number of ether oxygens (including phenoxy) is 2. The molecule has 0 saturated carbocycles. The SMILES string of the molecule is CC(C)(C)OC(=O)N1CCC(Oc2ccc(I)cc2)C1. The molecule has 1 aliphatic heterocycles. The largest absolute Gasteiger partial charge is 0.489 e. The van der Waals surface area contributed by atoms with Gasteiger partial charge in [-0.05, 0) is 67.6 Å². The maximum absolute atomic E-state index is 12.0. The summed E-state index contributed by atoms with van der Waals surface area (Å²) in [5.74, 6) is 0.849. The van der Waals surface area contributed by atoms with Gasteiger partial charge in [0.2, 0.25) is 0 Å². The molecule has 2 rings (SSSR count). The predicted molar refractivity (Wildman–Crippen MR) is 86.0 cm³/mol. The lowest BCUT2D eigenvalue weighted by Gasteiger charge is -2.24. The van der Waals surface area contributed by atoms with Crippen molar-refractivity contribution in [3.8, 4) is 5.75 Å². The molecule has 4 nitrogen and oxygen atoms in total. The van der Waals surface area contributed by atoms with E-state index in [1.165, 1.54) is 3.57 Å². The molecule has 1 aromatic rings. The van der Waals surface area contributed by atoms with Gasteiger partial charge in [0.1, 0.15) is 17.5 Å². The van der Waals surface area contributed by atoms with Crippen molar-refractivity contribution in [2.75, 3.05) is 13.1 Å². The quantitative estimate of drug-likeness (QED) is 0.725. The normalized spacial score (nSPS) is 19.0. The summed E-state index contributed by atoms with van der Waals surface area (Å²) < 4.78 is 12.4. The lowest BCUT2D eigenvalue weighted by molar-refractivity contribution is 0.0275. The molecule has 0 spiro atoms. The van der Waals surface area contributed by atoms with Gasteiger partial charge in [-0.2, -0.15) is 0 Å². The highest BCUT2D eigenvalue weighted by Gasteiger charge is 2.30. The number of halogens is 1. The van der Waals surface area contributed by atoms with Crippen LogP contribution in [0.4, 0.5) is 4.79 Å². The van der Waals surface area contributed by atoms with E-state index in [0.717, 1.165) is 12.2 Å². The van der Waals surface area contributed by atoms with E-state index in [9.17, 15) is 4.79 Å². The van der Waals surface area contributed by atoms with E-state index in [1.807, 2.05) is 45.0 Å². The molecule has 20 heavy (non-hydrogen) atoms. The van der Waals surface area contributed by atoms with Crippen molar-refractivity contribution >= 4 is 28.7 Å². The van der Waals surface area contributed by atoms with Crippen LogP contribution in [-0.2, 0) is 4.74 Å². The summed E-state index contributed by atoms with van der Waals surface area (Å²) in [4.78, 5) is 13.7. The average Bonchev–Trinajstić information content (AvgIpc) is 2.79. The fraction of sp³-hybridized carbons (Fsp3) is 0.533.